The third kappa shape index (κ3) is 4.03. The quantitative estimate of drug-likeness (QED) is 0.538. The molecule has 0 fully saturated rings. The van der Waals surface area contributed by atoms with Crippen LogP contribution < -0.4 is 4.74 Å². The Labute approximate surface area is 142 Å². The molecular formula is C13H11Br2NO4S. The first-order chi connectivity index (χ1) is 9.88. The van der Waals surface area contributed by atoms with Gasteiger partial charge in [-0.05, 0) is 35.0 Å². The number of nitro groups is 1. The number of halogens is 2. The van der Waals surface area contributed by atoms with Gasteiger partial charge in [0.15, 0.2) is 0 Å². The van der Waals surface area contributed by atoms with E-state index in [1.165, 1.54) is 17.4 Å². The number of nitrogens with zero attached hydrogens (tertiary/aromatic N) is 1. The first-order valence-electron chi connectivity index (χ1n) is 5.90. The van der Waals surface area contributed by atoms with Crippen LogP contribution in [-0.4, -0.2) is 10.0 Å². The van der Waals surface area contributed by atoms with E-state index in [0.717, 1.165) is 9.35 Å². The zero-order chi connectivity index (χ0) is 15.6. The van der Waals surface area contributed by atoms with Gasteiger partial charge in [0.1, 0.15) is 6.61 Å². The van der Waals surface area contributed by atoms with Crippen LogP contribution in [0.3, 0.4) is 0 Å². The van der Waals surface area contributed by atoms with Crippen molar-refractivity contribution in [1.29, 1.82) is 0 Å². The zero-order valence-corrected chi connectivity index (χ0v) is 14.9. The molecule has 0 aliphatic carbocycles. The number of rotatable bonds is 5. The number of aliphatic hydroxyl groups is 1. The summed E-state index contributed by atoms with van der Waals surface area (Å²) < 4.78 is 7.07. The summed E-state index contributed by atoms with van der Waals surface area (Å²) >= 11 is 8.04. The van der Waals surface area contributed by atoms with Gasteiger partial charge in [-0.2, -0.15) is 0 Å². The largest absolute Gasteiger partial charge is 0.481 e. The van der Waals surface area contributed by atoms with E-state index in [4.69, 9.17) is 4.74 Å². The first-order valence-corrected chi connectivity index (χ1v) is 8.36. The van der Waals surface area contributed by atoms with Crippen LogP contribution in [0.15, 0.2) is 32.5 Å². The van der Waals surface area contributed by atoms with E-state index in [9.17, 15) is 15.2 Å². The molecule has 0 unspecified atom stereocenters. The molecule has 2 aromatic rings. The van der Waals surface area contributed by atoms with Crippen molar-refractivity contribution in [1.82, 2.24) is 0 Å². The number of nitro benzene ring substituents is 1. The van der Waals surface area contributed by atoms with Crippen molar-refractivity contribution in [2.45, 2.75) is 19.6 Å². The number of hydrogen-bond donors (Lipinski definition) is 1. The summed E-state index contributed by atoms with van der Waals surface area (Å²) in [4.78, 5) is 11.6. The normalized spacial score (nSPS) is 12.2. The van der Waals surface area contributed by atoms with Gasteiger partial charge in [0.05, 0.1) is 11.0 Å². The van der Waals surface area contributed by atoms with Crippen molar-refractivity contribution in [3.63, 3.8) is 0 Å². The molecule has 1 heterocycles. The van der Waals surface area contributed by atoms with Crippen LogP contribution in [-0.2, 0) is 6.61 Å². The number of thiophene rings is 1. The molecule has 21 heavy (non-hydrogen) atoms. The Morgan fingerprint density at radius 1 is 1.38 bits per heavy atom. The van der Waals surface area contributed by atoms with Crippen LogP contribution in [0.5, 0.6) is 5.75 Å². The van der Waals surface area contributed by atoms with E-state index in [0.29, 0.717) is 10.0 Å². The van der Waals surface area contributed by atoms with Gasteiger partial charge in [-0.3, -0.25) is 10.1 Å². The molecule has 0 aliphatic rings. The van der Waals surface area contributed by atoms with Crippen LogP contribution >= 0.6 is 43.2 Å². The Kier molecular flexibility index (Phi) is 5.37. The summed E-state index contributed by atoms with van der Waals surface area (Å²) in [5.41, 5.74) is 0.211. The van der Waals surface area contributed by atoms with Gasteiger partial charge in [-0.25, -0.2) is 0 Å². The highest BCUT2D eigenvalue weighted by Gasteiger charge is 2.23. The van der Waals surface area contributed by atoms with E-state index in [-0.39, 0.29) is 18.0 Å². The lowest BCUT2D eigenvalue weighted by molar-refractivity contribution is -0.386. The summed E-state index contributed by atoms with van der Waals surface area (Å²) in [6.45, 7) is 1.75. The third-order valence-electron chi connectivity index (χ3n) is 2.69. The average Bonchev–Trinajstić information content (AvgIpc) is 2.81. The number of hydrogen-bond acceptors (Lipinski definition) is 5. The number of ether oxygens (including phenoxy) is 1. The number of benzene rings is 1. The molecule has 1 atom stereocenters. The predicted octanol–water partition coefficient (Wildman–Crippen LogP) is 4.81. The second kappa shape index (κ2) is 6.87. The van der Waals surface area contributed by atoms with Crippen molar-refractivity contribution in [3.8, 4) is 5.75 Å². The Morgan fingerprint density at radius 2 is 2.10 bits per heavy atom. The average molecular weight is 437 g/mol. The van der Waals surface area contributed by atoms with E-state index >= 15 is 0 Å². The highest BCUT2D eigenvalue weighted by Crippen LogP contribution is 2.38. The molecule has 0 amide bonds. The Bertz CT molecular complexity index is 672. The minimum Gasteiger partial charge on any atom is -0.481 e. The van der Waals surface area contributed by atoms with Gasteiger partial charge in [-0.1, -0.05) is 15.9 Å². The second-order valence-electron chi connectivity index (χ2n) is 4.30. The van der Waals surface area contributed by atoms with Crippen LogP contribution in [0.2, 0.25) is 0 Å². The third-order valence-corrected chi connectivity index (χ3v) is 4.82. The molecule has 0 bridgehead atoms. The fourth-order valence-corrected chi connectivity index (χ4v) is 3.60. The summed E-state index contributed by atoms with van der Waals surface area (Å²) in [7, 11) is 0. The van der Waals surface area contributed by atoms with Crippen molar-refractivity contribution in [3.05, 3.63) is 53.1 Å². The number of aliphatic hydroxyl groups excluding tert-OH is 1. The molecule has 1 aromatic heterocycles. The molecule has 0 saturated carbocycles. The first kappa shape index (κ1) is 16.4. The molecule has 1 aromatic carbocycles. The van der Waals surface area contributed by atoms with Gasteiger partial charge in [0, 0.05) is 30.8 Å². The maximum absolute atomic E-state index is 11.2. The second-order valence-corrected chi connectivity index (χ2v) is 7.12. The minimum atomic E-state index is -0.869. The molecule has 112 valence electrons. The van der Waals surface area contributed by atoms with Gasteiger partial charge in [0.2, 0.25) is 5.75 Å². The van der Waals surface area contributed by atoms with E-state index < -0.39 is 11.0 Å². The fraction of sp³-hybridized carbons (Fsp3) is 0.231. The fourth-order valence-electron chi connectivity index (χ4n) is 1.78. The van der Waals surface area contributed by atoms with Crippen molar-refractivity contribution in [2.75, 3.05) is 0 Å². The minimum absolute atomic E-state index is 0.0997. The Balaban J connectivity index is 2.37. The Hall–Kier alpha value is -0.960. The monoisotopic (exact) mass is 435 g/mol. The van der Waals surface area contributed by atoms with E-state index in [2.05, 4.69) is 31.9 Å². The Morgan fingerprint density at radius 3 is 2.62 bits per heavy atom. The standard InChI is InChI=1S/C13H11Br2NO4S/c1-7(17)11-3-8(14)4-12(16(18)19)13(11)20-5-10-2-9(15)6-21-10/h2-4,6-7,17H,5H2,1H3/t7-/m0/s1. The van der Waals surface area contributed by atoms with Gasteiger partial charge in [-0.15, -0.1) is 11.3 Å². The highest BCUT2D eigenvalue weighted by atomic mass is 79.9. The maximum Gasteiger partial charge on any atom is 0.312 e. The summed E-state index contributed by atoms with van der Waals surface area (Å²) in [6.07, 6.45) is -0.869. The summed E-state index contributed by atoms with van der Waals surface area (Å²) in [5, 5.41) is 22.9. The molecule has 0 spiro atoms. The summed E-state index contributed by atoms with van der Waals surface area (Å²) in [6, 6.07) is 4.88. The molecular weight excluding hydrogens is 426 g/mol. The SMILES string of the molecule is C[C@H](O)c1cc(Br)cc([N+](=O)[O-])c1OCc1cc(Br)cs1. The summed E-state index contributed by atoms with van der Waals surface area (Å²) in [5.74, 6) is 0.0997. The molecule has 8 heteroatoms. The van der Waals surface area contributed by atoms with Crippen LogP contribution in [0, 0.1) is 10.1 Å². The van der Waals surface area contributed by atoms with E-state index in [1.54, 1.807) is 13.0 Å². The van der Waals surface area contributed by atoms with Crippen molar-refractivity contribution in [2.24, 2.45) is 0 Å². The molecule has 5 nitrogen and oxygen atoms in total. The highest BCUT2D eigenvalue weighted by molar-refractivity contribution is 9.10. The van der Waals surface area contributed by atoms with Crippen LogP contribution in [0.1, 0.15) is 23.5 Å². The van der Waals surface area contributed by atoms with Gasteiger partial charge in [0.25, 0.3) is 0 Å². The van der Waals surface area contributed by atoms with Gasteiger partial charge < -0.3 is 9.84 Å². The van der Waals surface area contributed by atoms with Crippen LogP contribution in [0.25, 0.3) is 0 Å². The molecule has 0 aliphatic heterocycles. The molecule has 0 saturated heterocycles. The maximum atomic E-state index is 11.2. The smallest absolute Gasteiger partial charge is 0.312 e. The molecule has 0 radical (unpaired) electrons. The molecule has 2 rings (SSSR count). The van der Waals surface area contributed by atoms with E-state index in [1.807, 2.05) is 11.4 Å². The molecule has 1 N–H and O–H groups in total. The lowest BCUT2D eigenvalue weighted by Crippen LogP contribution is -2.04. The lowest BCUT2D eigenvalue weighted by atomic mass is 10.1. The topological polar surface area (TPSA) is 72.6 Å². The van der Waals surface area contributed by atoms with Gasteiger partial charge >= 0.3 is 5.69 Å². The predicted molar refractivity (Wildman–Crippen MR) is 87.8 cm³/mol. The van der Waals surface area contributed by atoms with Crippen LogP contribution in [0.4, 0.5) is 5.69 Å². The van der Waals surface area contributed by atoms with Crippen molar-refractivity contribution < 1.29 is 14.8 Å². The lowest BCUT2D eigenvalue weighted by Gasteiger charge is -2.13. The zero-order valence-electron chi connectivity index (χ0n) is 10.9. The van der Waals surface area contributed by atoms with Crippen molar-refractivity contribution >= 4 is 48.9 Å².